The molecule has 0 unspecified atom stereocenters. The first-order valence-corrected chi connectivity index (χ1v) is 8.23. The molecule has 2 rings (SSSR count). The third kappa shape index (κ3) is 4.52. The lowest BCUT2D eigenvalue weighted by Crippen LogP contribution is -2.13. The largest absolute Gasteiger partial charge is 0.491 e. The lowest BCUT2D eigenvalue weighted by Gasteiger charge is -2.14. The van der Waals surface area contributed by atoms with E-state index in [0.717, 1.165) is 18.7 Å². The van der Waals surface area contributed by atoms with Crippen molar-refractivity contribution < 1.29 is 4.74 Å². The monoisotopic (exact) mass is 297 g/mol. The van der Waals surface area contributed by atoms with Gasteiger partial charge in [0.15, 0.2) is 0 Å². The SMILES string of the molecule is CCCCc1ccccc1NCCOc1cccc(C)c1C. The number of aryl methyl sites for hydroxylation is 2. The highest BCUT2D eigenvalue weighted by Gasteiger charge is 2.03. The topological polar surface area (TPSA) is 21.3 Å². The fraction of sp³-hybridized carbons (Fsp3) is 0.400. The molecule has 0 bridgehead atoms. The fourth-order valence-corrected chi connectivity index (χ4v) is 2.51. The maximum Gasteiger partial charge on any atom is 0.122 e. The summed E-state index contributed by atoms with van der Waals surface area (Å²) in [5.74, 6) is 0.987. The van der Waals surface area contributed by atoms with E-state index in [-0.39, 0.29) is 0 Å². The van der Waals surface area contributed by atoms with Gasteiger partial charge in [-0.15, -0.1) is 0 Å². The molecule has 22 heavy (non-hydrogen) atoms. The van der Waals surface area contributed by atoms with Gasteiger partial charge in [-0.05, 0) is 55.5 Å². The van der Waals surface area contributed by atoms with E-state index >= 15 is 0 Å². The van der Waals surface area contributed by atoms with Crippen LogP contribution >= 0.6 is 0 Å². The van der Waals surface area contributed by atoms with Gasteiger partial charge in [-0.25, -0.2) is 0 Å². The smallest absolute Gasteiger partial charge is 0.122 e. The molecule has 0 amide bonds. The van der Waals surface area contributed by atoms with E-state index in [2.05, 4.69) is 56.4 Å². The zero-order chi connectivity index (χ0) is 15.8. The van der Waals surface area contributed by atoms with Crippen LogP contribution in [0.5, 0.6) is 5.75 Å². The van der Waals surface area contributed by atoms with Crippen LogP contribution in [0.15, 0.2) is 42.5 Å². The van der Waals surface area contributed by atoms with Gasteiger partial charge >= 0.3 is 0 Å². The van der Waals surface area contributed by atoms with E-state index in [1.165, 1.54) is 35.2 Å². The second kappa shape index (κ2) is 8.47. The highest BCUT2D eigenvalue weighted by molar-refractivity contribution is 5.51. The molecule has 2 aromatic carbocycles. The number of hydrogen-bond donors (Lipinski definition) is 1. The van der Waals surface area contributed by atoms with Gasteiger partial charge in [-0.3, -0.25) is 0 Å². The molecule has 118 valence electrons. The molecule has 0 fully saturated rings. The number of rotatable bonds is 8. The van der Waals surface area contributed by atoms with Crippen molar-refractivity contribution in [3.63, 3.8) is 0 Å². The molecule has 0 aliphatic carbocycles. The average molecular weight is 297 g/mol. The molecular weight excluding hydrogens is 270 g/mol. The number of nitrogens with one attached hydrogen (secondary N) is 1. The standard InChI is InChI=1S/C20H27NO/c1-4-5-10-18-11-6-7-12-19(18)21-14-15-22-20-13-8-9-16(2)17(20)3/h6-9,11-13,21H,4-5,10,14-15H2,1-3H3. The Labute approximate surface area is 134 Å². The molecule has 0 aliphatic rings. The Kier molecular flexibility index (Phi) is 6.32. The molecule has 2 aromatic rings. The second-order valence-electron chi connectivity index (χ2n) is 5.73. The molecular formula is C20H27NO. The van der Waals surface area contributed by atoms with E-state index in [0.29, 0.717) is 6.61 Å². The number of para-hydroxylation sites is 1. The van der Waals surface area contributed by atoms with E-state index in [9.17, 15) is 0 Å². The summed E-state index contributed by atoms with van der Waals surface area (Å²) in [5.41, 5.74) is 5.14. The zero-order valence-electron chi connectivity index (χ0n) is 14.0. The van der Waals surface area contributed by atoms with Crippen molar-refractivity contribution in [1.82, 2.24) is 0 Å². The Morgan fingerprint density at radius 2 is 1.82 bits per heavy atom. The van der Waals surface area contributed by atoms with Gasteiger partial charge in [-0.1, -0.05) is 43.7 Å². The van der Waals surface area contributed by atoms with Crippen LogP contribution in [0.4, 0.5) is 5.69 Å². The minimum absolute atomic E-state index is 0.673. The summed E-state index contributed by atoms with van der Waals surface area (Å²) in [5, 5.41) is 3.50. The van der Waals surface area contributed by atoms with Crippen LogP contribution in [-0.2, 0) is 6.42 Å². The van der Waals surface area contributed by atoms with Crippen LogP contribution in [0.3, 0.4) is 0 Å². The van der Waals surface area contributed by atoms with Crippen molar-refractivity contribution >= 4 is 5.69 Å². The predicted molar refractivity (Wildman–Crippen MR) is 95.0 cm³/mol. The van der Waals surface area contributed by atoms with Crippen molar-refractivity contribution in [2.24, 2.45) is 0 Å². The second-order valence-corrected chi connectivity index (χ2v) is 5.73. The quantitative estimate of drug-likeness (QED) is 0.681. The molecule has 1 N–H and O–H groups in total. The highest BCUT2D eigenvalue weighted by atomic mass is 16.5. The lowest BCUT2D eigenvalue weighted by atomic mass is 10.1. The molecule has 0 saturated carbocycles. The minimum atomic E-state index is 0.673. The summed E-state index contributed by atoms with van der Waals surface area (Å²) in [6.45, 7) is 7.94. The first-order valence-electron chi connectivity index (χ1n) is 8.23. The summed E-state index contributed by atoms with van der Waals surface area (Å²) < 4.78 is 5.90. The Morgan fingerprint density at radius 3 is 2.64 bits per heavy atom. The molecule has 2 nitrogen and oxygen atoms in total. The minimum Gasteiger partial charge on any atom is -0.491 e. The van der Waals surface area contributed by atoms with Gasteiger partial charge in [-0.2, -0.15) is 0 Å². The molecule has 0 saturated heterocycles. The number of ether oxygens (including phenoxy) is 1. The summed E-state index contributed by atoms with van der Waals surface area (Å²) in [7, 11) is 0. The lowest BCUT2D eigenvalue weighted by molar-refractivity contribution is 0.330. The van der Waals surface area contributed by atoms with Gasteiger partial charge in [0.25, 0.3) is 0 Å². The van der Waals surface area contributed by atoms with E-state index in [1.807, 2.05) is 12.1 Å². The van der Waals surface area contributed by atoms with Crippen LogP contribution in [0.1, 0.15) is 36.5 Å². The van der Waals surface area contributed by atoms with Gasteiger partial charge in [0.1, 0.15) is 12.4 Å². The van der Waals surface area contributed by atoms with Gasteiger partial charge in [0.2, 0.25) is 0 Å². The van der Waals surface area contributed by atoms with Crippen LogP contribution in [-0.4, -0.2) is 13.2 Å². The van der Waals surface area contributed by atoms with Crippen LogP contribution in [0.25, 0.3) is 0 Å². The van der Waals surface area contributed by atoms with E-state index < -0.39 is 0 Å². The first-order chi connectivity index (χ1) is 10.7. The van der Waals surface area contributed by atoms with Gasteiger partial charge < -0.3 is 10.1 Å². The Bertz CT molecular complexity index is 592. The van der Waals surface area contributed by atoms with Crippen LogP contribution in [0, 0.1) is 13.8 Å². The van der Waals surface area contributed by atoms with E-state index in [1.54, 1.807) is 0 Å². The Morgan fingerprint density at radius 1 is 1.00 bits per heavy atom. The average Bonchev–Trinajstić information content (AvgIpc) is 2.54. The van der Waals surface area contributed by atoms with Crippen molar-refractivity contribution in [2.75, 3.05) is 18.5 Å². The molecule has 2 heteroatoms. The number of unbranched alkanes of at least 4 members (excludes halogenated alkanes) is 1. The molecule has 0 aliphatic heterocycles. The van der Waals surface area contributed by atoms with E-state index in [4.69, 9.17) is 4.74 Å². The number of hydrogen-bond acceptors (Lipinski definition) is 2. The summed E-state index contributed by atoms with van der Waals surface area (Å²) in [6.07, 6.45) is 3.60. The maximum absolute atomic E-state index is 5.90. The van der Waals surface area contributed by atoms with Crippen molar-refractivity contribution in [1.29, 1.82) is 0 Å². The molecule has 0 heterocycles. The third-order valence-corrected chi connectivity index (χ3v) is 4.05. The Balaban J connectivity index is 1.85. The van der Waals surface area contributed by atoms with Gasteiger partial charge in [0, 0.05) is 12.2 Å². The van der Waals surface area contributed by atoms with Crippen molar-refractivity contribution in [2.45, 2.75) is 40.0 Å². The molecule has 0 radical (unpaired) electrons. The summed E-state index contributed by atoms with van der Waals surface area (Å²) >= 11 is 0. The van der Waals surface area contributed by atoms with Crippen molar-refractivity contribution in [3.05, 3.63) is 59.2 Å². The van der Waals surface area contributed by atoms with Crippen LogP contribution < -0.4 is 10.1 Å². The molecule has 0 atom stereocenters. The highest BCUT2D eigenvalue weighted by Crippen LogP contribution is 2.21. The molecule has 0 spiro atoms. The van der Waals surface area contributed by atoms with Crippen molar-refractivity contribution in [3.8, 4) is 5.75 Å². The summed E-state index contributed by atoms with van der Waals surface area (Å²) in [4.78, 5) is 0. The van der Waals surface area contributed by atoms with Crippen LogP contribution in [0.2, 0.25) is 0 Å². The summed E-state index contributed by atoms with van der Waals surface area (Å²) in [6, 6.07) is 14.8. The molecule has 0 aromatic heterocycles. The number of anilines is 1. The predicted octanol–water partition coefficient (Wildman–Crippen LogP) is 5.14. The third-order valence-electron chi connectivity index (χ3n) is 4.05. The maximum atomic E-state index is 5.90. The Hall–Kier alpha value is -1.96. The fourth-order valence-electron chi connectivity index (χ4n) is 2.51. The normalized spacial score (nSPS) is 10.5. The first kappa shape index (κ1) is 16.4. The number of benzene rings is 2. The van der Waals surface area contributed by atoms with Gasteiger partial charge in [0.05, 0.1) is 0 Å². The zero-order valence-corrected chi connectivity index (χ0v) is 14.0.